The maximum Gasteiger partial charge on any atom is 0.233 e. The number of thioether (sulfide) groups is 1. The van der Waals surface area contributed by atoms with Crippen LogP contribution < -0.4 is 5.32 Å². The van der Waals surface area contributed by atoms with Crippen molar-refractivity contribution in [2.45, 2.75) is 31.2 Å². The quantitative estimate of drug-likeness (QED) is 0.824. The van der Waals surface area contributed by atoms with Crippen molar-refractivity contribution in [3.05, 3.63) is 30.1 Å². The number of nitrogens with one attached hydrogen (secondary N) is 1. The van der Waals surface area contributed by atoms with Crippen molar-refractivity contribution in [3.63, 3.8) is 0 Å². The normalized spacial score (nSPS) is 12.4. The summed E-state index contributed by atoms with van der Waals surface area (Å²) in [4.78, 5) is 12.0. The van der Waals surface area contributed by atoms with Crippen LogP contribution in [-0.4, -0.2) is 32.5 Å². The fraction of sp³-hybridized carbons (Fsp3) is 0.438. The number of rotatable bonds is 6. The fourth-order valence-electron chi connectivity index (χ4n) is 1.93. The maximum atomic E-state index is 13.0. The van der Waals surface area contributed by atoms with E-state index in [1.54, 1.807) is 12.1 Å². The molecular weight excluding hydrogens is 315 g/mol. The van der Waals surface area contributed by atoms with E-state index in [9.17, 15) is 9.18 Å². The van der Waals surface area contributed by atoms with Crippen molar-refractivity contribution in [2.75, 3.05) is 6.54 Å². The molecule has 1 aromatic heterocycles. The third-order valence-corrected chi connectivity index (χ3v) is 4.41. The van der Waals surface area contributed by atoms with Crippen LogP contribution in [0.5, 0.6) is 0 Å². The number of amides is 1. The van der Waals surface area contributed by atoms with Crippen LogP contribution in [0.15, 0.2) is 29.4 Å². The maximum absolute atomic E-state index is 13.0. The highest BCUT2D eigenvalue weighted by molar-refractivity contribution is 8.00. The molecule has 0 aliphatic rings. The van der Waals surface area contributed by atoms with E-state index in [0.717, 1.165) is 5.56 Å². The van der Waals surface area contributed by atoms with Gasteiger partial charge in [0.15, 0.2) is 11.0 Å². The van der Waals surface area contributed by atoms with E-state index >= 15 is 0 Å². The Balaban J connectivity index is 2.07. The van der Waals surface area contributed by atoms with Gasteiger partial charge in [-0.1, -0.05) is 25.6 Å². The monoisotopic (exact) mass is 336 g/mol. The predicted octanol–water partition coefficient (Wildman–Crippen LogP) is 2.87. The molecule has 1 atom stereocenters. The summed E-state index contributed by atoms with van der Waals surface area (Å²) in [5, 5.41) is 11.6. The van der Waals surface area contributed by atoms with Gasteiger partial charge < -0.3 is 9.88 Å². The summed E-state index contributed by atoms with van der Waals surface area (Å²) in [6, 6.07) is 6.09. The molecule has 0 aliphatic heterocycles. The minimum atomic E-state index is -0.291. The molecule has 23 heavy (non-hydrogen) atoms. The van der Waals surface area contributed by atoms with Gasteiger partial charge in [-0.2, -0.15) is 0 Å². The molecule has 0 fully saturated rings. The van der Waals surface area contributed by atoms with Crippen LogP contribution in [0, 0.1) is 11.7 Å². The van der Waals surface area contributed by atoms with E-state index in [4.69, 9.17) is 0 Å². The number of nitrogens with zero attached hydrogens (tertiary/aromatic N) is 3. The zero-order chi connectivity index (χ0) is 17.0. The number of hydrogen-bond donors (Lipinski definition) is 1. The molecule has 0 saturated carbocycles. The SMILES string of the molecule is CC(C)CNC(=O)[C@H](C)Sc1nnc(-c2ccc(F)cc2)n1C. The summed E-state index contributed by atoms with van der Waals surface area (Å²) in [6.07, 6.45) is 0. The molecule has 1 aromatic carbocycles. The van der Waals surface area contributed by atoms with Crippen molar-refractivity contribution in [1.82, 2.24) is 20.1 Å². The van der Waals surface area contributed by atoms with Crippen LogP contribution >= 0.6 is 11.8 Å². The average Bonchev–Trinajstić information content (AvgIpc) is 2.86. The molecule has 5 nitrogen and oxygen atoms in total. The van der Waals surface area contributed by atoms with Gasteiger partial charge in [-0.15, -0.1) is 10.2 Å². The van der Waals surface area contributed by atoms with Gasteiger partial charge in [0, 0.05) is 19.2 Å². The van der Waals surface area contributed by atoms with Crippen LogP contribution in [0.1, 0.15) is 20.8 Å². The molecule has 1 heterocycles. The Morgan fingerprint density at radius 2 is 1.91 bits per heavy atom. The smallest absolute Gasteiger partial charge is 0.233 e. The number of hydrogen-bond acceptors (Lipinski definition) is 4. The van der Waals surface area contributed by atoms with Crippen LogP contribution in [-0.2, 0) is 11.8 Å². The van der Waals surface area contributed by atoms with Gasteiger partial charge in [0.05, 0.1) is 5.25 Å². The highest BCUT2D eigenvalue weighted by Gasteiger charge is 2.19. The number of carbonyl (C=O) groups is 1. The molecule has 1 amide bonds. The largest absolute Gasteiger partial charge is 0.355 e. The standard InChI is InChI=1S/C16H21FN4OS/c1-10(2)9-18-15(22)11(3)23-16-20-19-14(21(16)4)12-5-7-13(17)8-6-12/h5-8,10-11H,9H2,1-4H3,(H,18,22)/t11-/m0/s1. The number of aromatic nitrogens is 3. The van der Waals surface area contributed by atoms with Gasteiger partial charge in [0.25, 0.3) is 0 Å². The van der Waals surface area contributed by atoms with E-state index < -0.39 is 0 Å². The van der Waals surface area contributed by atoms with Gasteiger partial charge in [-0.05, 0) is 37.1 Å². The minimum absolute atomic E-state index is 0.0185. The van der Waals surface area contributed by atoms with Crippen LogP contribution in [0.3, 0.4) is 0 Å². The lowest BCUT2D eigenvalue weighted by molar-refractivity contribution is -0.120. The Morgan fingerprint density at radius 3 is 2.52 bits per heavy atom. The van der Waals surface area contributed by atoms with E-state index in [2.05, 4.69) is 29.4 Å². The van der Waals surface area contributed by atoms with Crippen molar-refractivity contribution >= 4 is 17.7 Å². The topological polar surface area (TPSA) is 59.8 Å². The van der Waals surface area contributed by atoms with Crippen molar-refractivity contribution in [1.29, 1.82) is 0 Å². The Kier molecular flexibility index (Phi) is 5.76. The average molecular weight is 336 g/mol. The van der Waals surface area contributed by atoms with Gasteiger partial charge >= 0.3 is 0 Å². The third-order valence-electron chi connectivity index (χ3n) is 3.27. The minimum Gasteiger partial charge on any atom is -0.355 e. The zero-order valence-corrected chi connectivity index (χ0v) is 14.5. The fourth-order valence-corrected chi connectivity index (χ4v) is 2.77. The first-order valence-electron chi connectivity index (χ1n) is 7.48. The highest BCUT2D eigenvalue weighted by Crippen LogP contribution is 2.25. The summed E-state index contributed by atoms with van der Waals surface area (Å²) >= 11 is 1.35. The van der Waals surface area contributed by atoms with Gasteiger partial charge in [-0.25, -0.2) is 4.39 Å². The summed E-state index contributed by atoms with van der Waals surface area (Å²) in [5.74, 6) is 0.745. The molecule has 124 valence electrons. The second-order valence-electron chi connectivity index (χ2n) is 5.77. The predicted molar refractivity (Wildman–Crippen MR) is 89.6 cm³/mol. The lowest BCUT2D eigenvalue weighted by Crippen LogP contribution is -2.33. The van der Waals surface area contributed by atoms with E-state index in [0.29, 0.717) is 23.4 Å². The molecule has 0 saturated heterocycles. The first-order valence-corrected chi connectivity index (χ1v) is 8.36. The van der Waals surface area contributed by atoms with Crippen molar-refractivity contribution in [2.24, 2.45) is 13.0 Å². The molecule has 0 aliphatic carbocycles. The number of carbonyl (C=O) groups excluding carboxylic acids is 1. The third kappa shape index (κ3) is 4.54. The van der Waals surface area contributed by atoms with Crippen LogP contribution in [0.25, 0.3) is 11.4 Å². The molecule has 0 spiro atoms. The molecule has 2 rings (SSSR count). The van der Waals surface area contributed by atoms with E-state index in [1.165, 1.54) is 23.9 Å². The summed E-state index contributed by atoms with van der Waals surface area (Å²) < 4.78 is 14.8. The van der Waals surface area contributed by atoms with Crippen LogP contribution in [0.4, 0.5) is 4.39 Å². The molecule has 1 N–H and O–H groups in total. The highest BCUT2D eigenvalue weighted by atomic mass is 32.2. The molecular formula is C16H21FN4OS. The zero-order valence-electron chi connectivity index (χ0n) is 13.7. The Morgan fingerprint density at radius 1 is 1.26 bits per heavy atom. The Hall–Kier alpha value is -1.89. The number of halogens is 1. The Bertz CT molecular complexity index is 669. The first-order chi connectivity index (χ1) is 10.9. The molecule has 0 radical (unpaired) electrons. The van der Waals surface area contributed by atoms with E-state index in [1.807, 2.05) is 18.5 Å². The molecule has 0 bridgehead atoms. The van der Waals surface area contributed by atoms with Crippen LogP contribution in [0.2, 0.25) is 0 Å². The molecule has 7 heteroatoms. The van der Waals surface area contributed by atoms with Crippen molar-refractivity contribution < 1.29 is 9.18 Å². The van der Waals surface area contributed by atoms with Gasteiger partial charge in [0.2, 0.25) is 5.91 Å². The first kappa shape index (κ1) is 17.5. The summed E-state index contributed by atoms with van der Waals surface area (Å²) in [6.45, 7) is 6.60. The Labute approximate surface area is 139 Å². The van der Waals surface area contributed by atoms with Gasteiger partial charge in [0.1, 0.15) is 5.82 Å². The summed E-state index contributed by atoms with van der Waals surface area (Å²) in [5.41, 5.74) is 0.783. The summed E-state index contributed by atoms with van der Waals surface area (Å²) in [7, 11) is 1.83. The lowest BCUT2D eigenvalue weighted by Gasteiger charge is -2.13. The lowest BCUT2D eigenvalue weighted by atomic mass is 10.2. The second kappa shape index (κ2) is 7.59. The second-order valence-corrected chi connectivity index (χ2v) is 7.08. The molecule has 0 unspecified atom stereocenters. The number of benzene rings is 1. The molecule has 2 aromatic rings. The van der Waals surface area contributed by atoms with Gasteiger partial charge in [-0.3, -0.25) is 4.79 Å². The van der Waals surface area contributed by atoms with Crippen molar-refractivity contribution in [3.8, 4) is 11.4 Å². The van der Waals surface area contributed by atoms with E-state index in [-0.39, 0.29) is 17.0 Å².